The molecule has 1 aliphatic heterocycles. The zero-order valence-corrected chi connectivity index (χ0v) is 18.9. The molecule has 162 valence electrons. The number of benzene rings is 1. The van der Waals surface area contributed by atoms with Gasteiger partial charge in [-0.1, -0.05) is 17.7 Å². The molecule has 1 aromatic carbocycles. The van der Waals surface area contributed by atoms with Crippen LogP contribution in [0.5, 0.6) is 0 Å². The molecule has 31 heavy (non-hydrogen) atoms. The fourth-order valence-corrected chi connectivity index (χ4v) is 4.00. The Labute approximate surface area is 186 Å². The number of carbonyl (C=O) groups excluding carboxylic acids is 1. The Morgan fingerprint density at radius 1 is 0.968 bits per heavy atom. The maximum absolute atomic E-state index is 12.7. The molecular formula is C22H26ClN7O. The lowest BCUT2D eigenvalue weighted by Crippen LogP contribution is -2.50. The molecule has 0 aliphatic carbocycles. The summed E-state index contributed by atoms with van der Waals surface area (Å²) in [6.07, 6.45) is 0. The van der Waals surface area contributed by atoms with Gasteiger partial charge in [0, 0.05) is 37.9 Å². The van der Waals surface area contributed by atoms with Crippen LogP contribution in [0.3, 0.4) is 0 Å². The molecule has 3 heterocycles. The average Bonchev–Trinajstić information content (AvgIpc) is 3.07. The fraction of sp³-hybridized carbons (Fsp3) is 0.364. The van der Waals surface area contributed by atoms with Gasteiger partial charge in [-0.15, -0.1) is 0 Å². The van der Waals surface area contributed by atoms with Gasteiger partial charge in [0.2, 0.25) is 0 Å². The van der Waals surface area contributed by atoms with Crippen molar-refractivity contribution >= 4 is 29.1 Å². The molecule has 2 amide bonds. The molecule has 0 saturated carbocycles. The topological polar surface area (TPSA) is 79.2 Å². The minimum atomic E-state index is -0.146. The molecule has 1 N–H and O–H groups in total. The summed E-state index contributed by atoms with van der Waals surface area (Å²) in [5, 5.41) is 7.98. The Morgan fingerprint density at radius 2 is 1.68 bits per heavy atom. The van der Waals surface area contributed by atoms with Crippen LogP contribution in [0, 0.1) is 27.7 Å². The highest BCUT2D eigenvalue weighted by Gasteiger charge is 2.23. The molecule has 0 spiro atoms. The van der Waals surface area contributed by atoms with Crippen LogP contribution < -0.4 is 10.2 Å². The third-order valence-electron chi connectivity index (χ3n) is 5.29. The molecule has 2 aromatic heterocycles. The Hall–Kier alpha value is -3.13. The van der Waals surface area contributed by atoms with E-state index in [1.54, 1.807) is 4.90 Å². The van der Waals surface area contributed by atoms with Crippen LogP contribution in [0.25, 0.3) is 5.82 Å². The van der Waals surface area contributed by atoms with Crippen LogP contribution >= 0.6 is 11.6 Å². The van der Waals surface area contributed by atoms with Crippen molar-refractivity contribution in [3.8, 4) is 5.82 Å². The average molecular weight is 440 g/mol. The standard InChI is InChI=1S/C22H26ClN7O/c1-14-5-6-19(18(23)11-14)26-22(31)29-9-7-28(8-10-29)20-13-21(25-17(4)24-20)30-16(3)12-15(2)27-30/h5-6,11-13H,7-10H2,1-4H3,(H,26,31). The molecular weight excluding hydrogens is 414 g/mol. The van der Waals surface area contributed by atoms with E-state index in [9.17, 15) is 4.79 Å². The van der Waals surface area contributed by atoms with E-state index in [0.29, 0.717) is 42.7 Å². The molecule has 0 unspecified atom stereocenters. The van der Waals surface area contributed by atoms with Gasteiger partial charge in [-0.05, 0) is 51.5 Å². The number of nitrogens with zero attached hydrogens (tertiary/aromatic N) is 6. The highest BCUT2D eigenvalue weighted by molar-refractivity contribution is 6.33. The number of nitrogens with one attached hydrogen (secondary N) is 1. The molecule has 1 aliphatic rings. The predicted molar refractivity (Wildman–Crippen MR) is 122 cm³/mol. The van der Waals surface area contributed by atoms with E-state index in [1.165, 1.54) is 0 Å². The van der Waals surface area contributed by atoms with Crippen LogP contribution in [0.2, 0.25) is 5.02 Å². The van der Waals surface area contributed by atoms with Gasteiger partial charge in [-0.25, -0.2) is 19.4 Å². The number of anilines is 2. The van der Waals surface area contributed by atoms with Crippen molar-refractivity contribution in [3.63, 3.8) is 0 Å². The van der Waals surface area contributed by atoms with Gasteiger partial charge < -0.3 is 15.1 Å². The van der Waals surface area contributed by atoms with Crippen molar-refractivity contribution in [2.24, 2.45) is 0 Å². The van der Waals surface area contributed by atoms with E-state index in [1.807, 2.05) is 62.7 Å². The lowest BCUT2D eigenvalue weighted by molar-refractivity contribution is 0.208. The lowest BCUT2D eigenvalue weighted by atomic mass is 10.2. The fourth-order valence-electron chi connectivity index (χ4n) is 3.72. The number of hydrogen-bond donors (Lipinski definition) is 1. The summed E-state index contributed by atoms with van der Waals surface area (Å²) in [5.74, 6) is 2.29. The Bertz CT molecular complexity index is 1120. The summed E-state index contributed by atoms with van der Waals surface area (Å²) in [6.45, 7) is 10.4. The van der Waals surface area contributed by atoms with Crippen molar-refractivity contribution in [2.75, 3.05) is 36.4 Å². The Morgan fingerprint density at radius 3 is 2.32 bits per heavy atom. The van der Waals surface area contributed by atoms with Gasteiger partial charge in [0.25, 0.3) is 0 Å². The predicted octanol–water partition coefficient (Wildman–Crippen LogP) is 3.90. The zero-order chi connectivity index (χ0) is 22.1. The number of carbonyl (C=O) groups is 1. The highest BCUT2D eigenvalue weighted by Crippen LogP contribution is 2.24. The smallest absolute Gasteiger partial charge is 0.322 e. The number of halogens is 1. The summed E-state index contributed by atoms with van der Waals surface area (Å²) in [5.41, 5.74) is 3.65. The summed E-state index contributed by atoms with van der Waals surface area (Å²) in [6, 6.07) is 9.43. The maximum Gasteiger partial charge on any atom is 0.322 e. The maximum atomic E-state index is 12.7. The van der Waals surface area contributed by atoms with Crippen molar-refractivity contribution in [1.82, 2.24) is 24.6 Å². The molecule has 0 radical (unpaired) electrons. The number of aromatic nitrogens is 4. The Kier molecular flexibility index (Phi) is 5.82. The second-order valence-electron chi connectivity index (χ2n) is 7.86. The summed E-state index contributed by atoms with van der Waals surface area (Å²) >= 11 is 6.25. The van der Waals surface area contributed by atoms with Gasteiger partial charge in [-0.2, -0.15) is 5.10 Å². The van der Waals surface area contributed by atoms with Gasteiger partial charge in [0.05, 0.1) is 16.4 Å². The highest BCUT2D eigenvalue weighted by atomic mass is 35.5. The monoisotopic (exact) mass is 439 g/mol. The van der Waals surface area contributed by atoms with E-state index in [4.69, 9.17) is 11.6 Å². The first-order valence-electron chi connectivity index (χ1n) is 10.3. The molecule has 9 heteroatoms. The number of rotatable bonds is 3. The quantitative estimate of drug-likeness (QED) is 0.669. The van der Waals surface area contributed by atoms with Crippen LogP contribution in [0.15, 0.2) is 30.3 Å². The van der Waals surface area contributed by atoms with Crippen LogP contribution in [-0.2, 0) is 0 Å². The summed E-state index contributed by atoms with van der Waals surface area (Å²) in [4.78, 5) is 25.8. The van der Waals surface area contributed by atoms with E-state index >= 15 is 0 Å². The van der Waals surface area contributed by atoms with Crippen molar-refractivity contribution < 1.29 is 4.79 Å². The molecule has 4 rings (SSSR count). The van der Waals surface area contributed by atoms with Crippen LogP contribution in [0.4, 0.5) is 16.3 Å². The first kappa shape index (κ1) is 21.1. The third-order valence-corrected chi connectivity index (χ3v) is 5.61. The lowest BCUT2D eigenvalue weighted by Gasteiger charge is -2.35. The van der Waals surface area contributed by atoms with Gasteiger partial charge in [0.1, 0.15) is 11.6 Å². The number of amides is 2. The van der Waals surface area contributed by atoms with Crippen molar-refractivity contribution in [3.05, 3.63) is 58.1 Å². The second-order valence-corrected chi connectivity index (χ2v) is 8.27. The normalized spacial score (nSPS) is 14.1. The molecule has 3 aromatic rings. The first-order valence-corrected chi connectivity index (χ1v) is 10.6. The van der Waals surface area contributed by atoms with E-state index < -0.39 is 0 Å². The third kappa shape index (κ3) is 4.64. The number of hydrogen-bond acceptors (Lipinski definition) is 5. The zero-order valence-electron chi connectivity index (χ0n) is 18.2. The SMILES string of the molecule is Cc1ccc(NC(=O)N2CCN(c3cc(-n4nc(C)cc4C)nc(C)n3)CC2)c(Cl)c1. The van der Waals surface area contributed by atoms with E-state index in [2.05, 4.69) is 25.3 Å². The largest absolute Gasteiger partial charge is 0.353 e. The minimum Gasteiger partial charge on any atom is -0.353 e. The molecule has 1 fully saturated rings. The number of aryl methyl sites for hydroxylation is 4. The molecule has 0 atom stereocenters. The van der Waals surface area contributed by atoms with Gasteiger partial charge in [-0.3, -0.25) is 0 Å². The van der Waals surface area contributed by atoms with Crippen LogP contribution in [-0.4, -0.2) is 56.9 Å². The van der Waals surface area contributed by atoms with Crippen molar-refractivity contribution in [1.29, 1.82) is 0 Å². The van der Waals surface area contributed by atoms with Crippen molar-refractivity contribution in [2.45, 2.75) is 27.7 Å². The number of urea groups is 1. The summed E-state index contributed by atoms with van der Waals surface area (Å²) < 4.78 is 1.84. The van der Waals surface area contributed by atoms with E-state index in [0.717, 1.165) is 28.6 Å². The summed E-state index contributed by atoms with van der Waals surface area (Å²) in [7, 11) is 0. The van der Waals surface area contributed by atoms with Gasteiger partial charge >= 0.3 is 6.03 Å². The van der Waals surface area contributed by atoms with E-state index in [-0.39, 0.29) is 6.03 Å². The first-order chi connectivity index (χ1) is 14.8. The second kappa shape index (κ2) is 8.55. The molecule has 8 nitrogen and oxygen atoms in total. The minimum absolute atomic E-state index is 0.146. The molecule has 0 bridgehead atoms. The molecule has 1 saturated heterocycles. The Balaban J connectivity index is 1.44. The number of piperazine rings is 1. The van der Waals surface area contributed by atoms with Crippen LogP contribution in [0.1, 0.15) is 22.8 Å². The van der Waals surface area contributed by atoms with Gasteiger partial charge in [0.15, 0.2) is 5.82 Å².